The zero-order valence-electron chi connectivity index (χ0n) is 15.7. The van der Waals surface area contributed by atoms with Gasteiger partial charge in [-0.05, 0) is 42.0 Å². The molecule has 154 valence electrons. The molecule has 31 heavy (non-hydrogen) atoms. The predicted molar refractivity (Wildman–Crippen MR) is 131 cm³/mol. The predicted octanol–water partition coefficient (Wildman–Crippen LogP) is 6.81. The molecule has 1 aliphatic heterocycles. The van der Waals surface area contributed by atoms with E-state index in [2.05, 4.69) is 0 Å². The van der Waals surface area contributed by atoms with Crippen LogP contribution in [-0.2, 0) is 4.79 Å². The average Bonchev–Trinajstić information content (AvgIpc) is 3.03. The van der Waals surface area contributed by atoms with E-state index in [0.29, 0.717) is 25.5 Å². The van der Waals surface area contributed by atoms with Gasteiger partial charge < -0.3 is 0 Å². The molecule has 1 amide bonds. The van der Waals surface area contributed by atoms with E-state index >= 15 is 0 Å². The van der Waals surface area contributed by atoms with E-state index in [1.807, 2.05) is 30.3 Å². The van der Waals surface area contributed by atoms with Crippen LogP contribution in [0.1, 0.15) is 5.56 Å². The molecule has 1 aliphatic rings. The van der Waals surface area contributed by atoms with Crippen molar-refractivity contribution in [2.45, 2.75) is 9.79 Å². The van der Waals surface area contributed by atoms with Crippen molar-refractivity contribution >= 4 is 75.0 Å². The molecule has 9 heteroatoms. The fourth-order valence-corrected chi connectivity index (χ4v) is 5.34. The highest BCUT2D eigenvalue weighted by atomic mass is 35.5. The minimum absolute atomic E-state index is 0.0507. The first-order valence-electron chi connectivity index (χ1n) is 8.98. The fourth-order valence-electron chi connectivity index (χ4n) is 2.92. The molecule has 0 saturated carbocycles. The van der Waals surface area contributed by atoms with Gasteiger partial charge in [0.05, 0.1) is 20.5 Å². The maximum absolute atomic E-state index is 13.1. The number of para-hydroxylation sites is 1. The van der Waals surface area contributed by atoms with Gasteiger partial charge in [0, 0.05) is 21.9 Å². The van der Waals surface area contributed by atoms with Gasteiger partial charge in [-0.25, -0.2) is 0 Å². The number of halogens is 1. The fraction of sp³-hybridized carbons (Fsp3) is 0. The molecule has 5 nitrogen and oxygen atoms in total. The summed E-state index contributed by atoms with van der Waals surface area (Å²) >= 11 is 14.3. The zero-order valence-corrected chi connectivity index (χ0v) is 18.9. The lowest BCUT2D eigenvalue weighted by Gasteiger charge is -2.15. The van der Waals surface area contributed by atoms with Gasteiger partial charge in [0.25, 0.3) is 11.6 Å². The Hall–Kier alpha value is -2.65. The summed E-state index contributed by atoms with van der Waals surface area (Å²) < 4.78 is 0.354. The molecule has 0 bridgehead atoms. The normalized spacial score (nSPS) is 15.0. The monoisotopic (exact) mass is 484 g/mol. The van der Waals surface area contributed by atoms with Crippen LogP contribution in [-0.4, -0.2) is 15.2 Å². The third-order valence-corrected chi connectivity index (χ3v) is 7.07. The topological polar surface area (TPSA) is 63.4 Å². The zero-order chi connectivity index (χ0) is 22.0. The van der Waals surface area contributed by atoms with Crippen molar-refractivity contribution in [2.75, 3.05) is 4.90 Å². The molecule has 1 heterocycles. The molecule has 0 aromatic heterocycles. The van der Waals surface area contributed by atoms with Crippen LogP contribution in [0.5, 0.6) is 0 Å². The van der Waals surface area contributed by atoms with E-state index in [9.17, 15) is 14.9 Å². The van der Waals surface area contributed by atoms with E-state index < -0.39 is 4.92 Å². The molecule has 3 aromatic rings. The number of amides is 1. The van der Waals surface area contributed by atoms with Crippen LogP contribution in [0.4, 0.5) is 11.4 Å². The smallest absolute Gasteiger partial charge is 0.268 e. The summed E-state index contributed by atoms with van der Waals surface area (Å²) in [4.78, 5) is 27.5. The Morgan fingerprint density at radius 1 is 1.06 bits per heavy atom. The first kappa shape index (κ1) is 21.6. The molecule has 0 unspecified atom stereocenters. The van der Waals surface area contributed by atoms with E-state index in [-0.39, 0.29) is 11.6 Å². The van der Waals surface area contributed by atoms with Crippen LogP contribution < -0.4 is 4.90 Å². The first-order valence-corrected chi connectivity index (χ1v) is 11.4. The van der Waals surface area contributed by atoms with Crippen molar-refractivity contribution in [3.63, 3.8) is 0 Å². The minimum atomic E-state index is -0.455. The van der Waals surface area contributed by atoms with Crippen LogP contribution in [0, 0.1) is 10.1 Å². The number of carbonyl (C=O) groups is 1. The summed E-state index contributed by atoms with van der Waals surface area (Å²) in [6.07, 6.45) is 1.65. The van der Waals surface area contributed by atoms with Gasteiger partial charge >= 0.3 is 0 Å². The van der Waals surface area contributed by atoms with Gasteiger partial charge in [0.2, 0.25) is 0 Å². The largest absolute Gasteiger partial charge is 0.270 e. The molecule has 4 rings (SSSR count). The molecule has 0 aliphatic carbocycles. The highest BCUT2D eigenvalue weighted by Gasteiger charge is 2.34. The lowest BCUT2D eigenvalue weighted by Crippen LogP contribution is -2.27. The molecule has 0 radical (unpaired) electrons. The number of nitrogens with zero attached hydrogens (tertiary/aromatic N) is 2. The third kappa shape index (κ3) is 4.67. The van der Waals surface area contributed by atoms with Gasteiger partial charge in [-0.3, -0.25) is 19.8 Å². The standard InChI is InChI=1S/C22H13ClN2O3S3/c23-17-8-4-5-9-18(17)24-21(26)20(31-22(24)29)13-14-12-15(25(27)28)10-11-19(14)30-16-6-2-1-3-7-16/h1-13H. The number of nitro groups is 1. The summed E-state index contributed by atoms with van der Waals surface area (Å²) in [5.74, 6) is -0.315. The lowest BCUT2D eigenvalue weighted by molar-refractivity contribution is -0.384. The highest BCUT2D eigenvalue weighted by Crippen LogP contribution is 2.40. The average molecular weight is 485 g/mol. The number of hydrogen-bond acceptors (Lipinski definition) is 6. The lowest BCUT2D eigenvalue weighted by atomic mass is 10.2. The number of carbonyl (C=O) groups excluding carboxylic acids is 1. The number of thioether (sulfide) groups is 1. The molecule has 1 fully saturated rings. The second-order valence-electron chi connectivity index (χ2n) is 6.36. The Kier molecular flexibility index (Phi) is 6.43. The van der Waals surface area contributed by atoms with Crippen molar-refractivity contribution in [3.8, 4) is 0 Å². The Balaban J connectivity index is 1.74. The van der Waals surface area contributed by atoms with E-state index in [4.69, 9.17) is 23.8 Å². The number of non-ortho nitro benzene ring substituents is 1. The van der Waals surface area contributed by atoms with Crippen LogP contribution in [0.3, 0.4) is 0 Å². The molecule has 3 aromatic carbocycles. The van der Waals surface area contributed by atoms with Gasteiger partial charge in [-0.1, -0.05) is 77.7 Å². The van der Waals surface area contributed by atoms with Gasteiger partial charge in [-0.15, -0.1) is 0 Å². The number of hydrogen-bond donors (Lipinski definition) is 0. The highest BCUT2D eigenvalue weighted by molar-refractivity contribution is 8.27. The van der Waals surface area contributed by atoms with E-state index in [1.165, 1.54) is 28.8 Å². The molecule has 0 atom stereocenters. The Morgan fingerprint density at radius 2 is 1.77 bits per heavy atom. The van der Waals surface area contributed by atoms with Crippen LogP contribution in [0.2, 0.25) is 5.02 Å². The second-order valence-corrected chi connectivity index (χ2v) is 9.56. The summed E-state index contributed by atoms with van der Waals surface area (Å²) in [7, 11) is 0. The van der Waals surface area contributed by atoms with Crippen LogP contribution in [0.15, 0.2) is 87.5 Å². The maximum atomic E-state index is 13.1. The summed E-state index contributed by atoms with van der Waals surface area (Å²) in [6, 6.07) is 21.2. The Bertz CT molecular complexity index is 1230. The summed E-state index contributed by atoms with van der Waals surface area (Å²) in [6.45, 7) is 0. The van der Waals surface area contributed by atoms with Crippen molar-refractivity contribution in [2.24, 2.45) is 0 Å². The quantitative estimate of drug-likeness (QED) is 0.171. The summed E-state index contributed by atoms with van der Waals surface area (Å²) in [5.41, 5.74) is 1.03. The first-order chi connectivity index (χ1) is 14.9. The number of benzene rings is 3. The van der Waals surface area contributed by atoms with E-state index in [0.717, 1.165) is 21.6 Å². The molecular formula is C22H13ClN2O3S3. The Labute approximate surface area is 197 Å². The van der Waals surface area contributed by atoms with Crippen LogP contribution in [0.25, 0.3) is 6.08 Å². The van der Waals surface area contributed by atoms with Crippen molar-refractivity contribution in [1.82, 2.24) is 0 Å². The molecule has 1 saturated heterocycles. The van der Waals surface area contributed by atoms with Gasteiger partial charge in [0.1, 0.15) is 0 Å². The molecule has 0 N–H and O–H groups in total. The van der Waals surface area contributed by atoms with Crippen molar-refractivity contribution in [3.05, 3.63) is 98.4 Å². The number of rotatable bonds is 5. The van der Waals surface area contributed by atoms with Gasteiger partial charge in [0.15, 0.2) is 4.32 Å². The number of thiocarbonyl (C=S) groups is 1. The third-order valence-electron chi connectivity index (χ3n) is 4.35. The summed E-state index contributed by atoms with van der Waals surface area (Å²) in [5, 5.41) is 11.7. The Morgan fingerprint density at radius 3 is 2.48 bits per heavy atom. The number of nitro benzene ring substituents is 1. The molecular weight excluding hydrogens is 472 g/mol. The number of anilines is 1. The van der Waals surface area contributed by atoms with Crippen molar-refractivity contribution in [1.29, 1.82) is 0 Å². The SMILES string of the molecule is O=C1C(=Cc2cc([N+](=O)[O-])ccc2Sc2ccccc2)SC(=S)N1c1ccccc1Cl. The van der Waals surface area contributed by atoms with Crippen molar-refractivity contribution < 1.29 is 9.72 Å². The maximum Gasteiger partial charge on any atom is 0.270 e. The van der Waals surface area contributed by atoms with Gasteiger partial charge in [-0.2, -0.15) is 0 Å². The second kappa shape index (κ2) is 9.23. The van der Waals surface area contributed by atoms with Crippen LogP contribution >= 0.6 is 47.3 Å². The minimum Gasteiger partial charge on any atom is -0.268 e. The van der Waals surface area contributed by atoms with E-state index in [1.54, 1.807) is 36.4 Å². The molecule has 0 spiro atoms.